The van der Waals surface area contributed by atoms with Crippen molar-refractivity contribution in [1.82, 2.24) is 9.62 Å². The second kappa shape index (κ2) is 8.50. The lowest BCUT2D eigenvalue weighted by molar-refractivity contribution is 0.350. The van der Waals surface area contributed by atoms with Crippen LogP contribution in [-0.4, -0.2) is 45.4 Å². The molecule has 0 aliphatic carbocycles. The van der Waals surface area contributed by atoms with E-state index in [9.17, 15) is 8.42 Å². The van der Waals surface area contributed by atoms with Crippen LogP contribution in [0.5, 0.6) is 0 Å². The maximum absolute atomic E-state index is 13.7. The molecule has 2 aromatic carbocycles. The summed E-state index contributed by atoms with van der Waals surface area (Å²) in [4.78, 5) is 1.63. The van der Waals surface area contributed by atoms with E-state index < -0.39 is 15.0 Å². The van der Waals surface area contributed by atoms with Gasteiger partial charge in [0, 0.05) is 38.4 Å². The Balaban J connectivity index is 1.71. The molecule has 0 saturated carbocycles. The first kappa shape index (κ1) is 21.6. The fourth-order valence-corrected chi connectivity index (χ4v) is 7.12. The van der Waals surface area contributed by atoms with Crippen molar-refractivity contribution in [2.24, 2.45) is 0 Å². The Bertz CT molecular complexity index is 1020. The lowest BCUT2D eigenvalue weighted by Crippen LogP contribution is -2.44. The number of piperazine rings is 1. The quantitative estimate of drug-likeness (QED) is 0.558. The summed E-state index contributed by atoms with van der Waals surface area (Å²) in [6.45, 7) is 8.25. The van der Waals surface area contributed by atoms with Gasteiger partial charge < -0.3 is 10.2 Å². The molecule has 1 atom stereocenters. The van der Waals surface area contributed by atoms with Gasteiger partial charge in [0.15, 0.2) is 0 Å². The molecule has 4 rings (SSSR count). The fraction of sp³-hybridized carbons (Fsp3) is 0.478. The minimum absolute atomic E-state index is 0.332. The van der Waals surface area contributed by atoms with Gasteiger partial charge in [0.05, 0.1) is 4.90 Å². The predicted octanol–water partition coefficient (Wildman–Crippen LogP) is 3.84. The number of hydrogen-bond donors (Lipinski definition) is 1. The number of halogens is 1. The molecule has 7 heteroatoms. The summed E-state index contributed by atoms with van der Waals surface area (Å²) in [6.07, 6.45) is 2.14. The van der Waals surface area contributed by atoms with Crippen LogP contribution >= 0.6 is 11.6 Å². The van der Waals surface area contributed by atoms with Crippen molar-refractivity contribution in [1.29, 1.82) is 0 Å². The van der Waals surface area contributed by atoms with Crippen molar-refractivity contribution in [2.75, 3.05) is 37.6 Å². The van der Waals surface area contributed by atoms with Crippen molar-refractivity contribution < 1.29 is 8.42 Å². The van der Waals surface area contributed by atoms with Crippen molar-refractivity contribution in [3.63, 3.8) is 0 Å². The van der Waals surface area contributed by atoms with Crippen LogP contribution in [0, 0.1) is 6.92 Å². The topological polar surface area (TPSA) is 52.7 Å². The van der Waals surface area contributed by atoms with Gasteiger partial charge in [0.2, 0.25) is 10.0 Å². The van der Waals surface area contributed by atoms with E-state index in [1.807, 2.05) is 43.3 Å². The minimum Gasteiger partial charge on any atom is -0.369 e. The molecule has 2 heterocycles. The molecule has 1 unspecified atom stereocenters. The molecule has 2 saturated heterocycles. The fourth-order valence-electron chi connectivity index (χ4n) is 4.69. The number of aryl methyl sites for hydroxylation is 2. The van der Waals surface area contributed by atoms with Crippen LogP contribution in [0.3, 0.4) is 0 Å². The molecule has 2 fully saturated rings. The molecule has 0 aromatic heterocycles. The number of rotatable bonds is 5. The first-order chi connectivity index (χ1) is 14.4. The second-order valence-corrected chi connectivity index (χ2v) is 10.6. The third kappa shape index (κ3) is 3.75. The zero-order valence-corrected chi connectivity index (χ0v) is 19.3. The Labute approximate surface area is 185 Å². The highest BCUT2D eigenvalue weighted by atomic mass is 35.5. The number of alkyl halides is 1. The Hall–Kier alpha value is -1.60. The molecular weight excluding hydrogens is 418 g/mol. The van der Waals surface area contributed by atoms with Crippen LogP contribution in [0.2, 0.25) is 0 Å². The van der Waals surface area contributed by atoms with Gasteiger partial charge in [0.1, 0.15) is 5.00 Å². The van der Waals surface area contributed by atoms with E-state index in [4.69, 9.17) is 11.6 Å². The van der Waals surface area contributed by atoms with E-state index in [0.717, 1.165) is 61.4 Å². The Morgan fingerprint density at radius 2 is 1.83 bits per heavy atom. The van der Waals surface area contributed by atoms with Gasteiger partial charge in [-0.05, 0) is 61.1 Å². The number of sulfonamides is 1. The first-order valence-electron chi connectivity index (χ1n) is 10.7. The van der Waals surface area contributed by atoms with Crippen LogP contribution < -0.4 is 10.2 Å². The van der Waals surface area contributed by atoms with Gasteiger partial charge in [-0.15, -0.1) is 0 Å². The minimum atomic E-state index is -3.72. The molecule has 2 aliphatic heterocycles. The highest BCUT2D eigenvalue weighted by Crippen LogP contribution is 2.47. The largest absolute Gasteiger partial charge is 0.369 e. The number of anilines is 1. The summed E-state index contributed by atoms with van der Waals surface area (Å²) in [7, 11) is -3.72. The zero-order chi connectivity index (χ0) is 21.4. The third-order valence-corrected chi connectivity index (χ3v) is 8.92. The van der Waals surface area contributed by atoms with Gasteiger partial charge in [-0.1, -0.05) is 42.8 Å². The smallest absolute Gasteiger partial charge is 0.244 e. The molecular formula is C23H30ClN3O2S. The van der Waals surface area contributed by atoms with Crippen LogP contribution in [0.25, 0.3) is 0 Å². The number of nitrogens with zero attached hydrogens (tertiary/aromatic N) is 2. The van der Waals surface area contributed by atoms with E-state index in [0.29, 0.717) is 17.9 Å². The molecule has 162 valence electrons. The molecule has 30 heavy (non-hydrogen) atoms. The van der Waals surface area contributed by atoms with Gasteiger partial charge in [-0.3, -0.25) is 0 Å². The van der Waals surface area contributed by atoms with Gasteiger partial charge >= 0.3 is 0 Å². The van der Waals surface area contributed by atoms with Crippen LogP contribution in [0.15, 0.2) is 47.4 Å². The lowest BCUT2D eigenvalue weighted by Gasteiger charge is -2.34. The molecule has 0 bridgehead atoms. The predicted molar refractivity (Wildman–Crippen MR) is 123 cm³/mol. The van der Waals surface area contributed by atoms with Gasteiger partial charge in [0.25, 0.3) is 0 Å². The Kier molecular flexibility index (Phi) is 6.13. The standard InChI is InChI=1S/C23H30ClN3O2S/c1-3-19-17-20(9-10-22(19)26-15-12-25-13-16-26)30(28,29)27-14-6-11-23(27,24)21-8-5-4-7-18(21)2/h4-5,7-10,17,25H,3,6,11-16H2,1-2H3. The van der Waals surface area contributed by atoms with Crippen LogP contribution in [0.1, 0.15) is 36.5 Å². The average Bonchev–Trinajstić information content (AvgIpc) is 3.17. The Morgan fingerprint density at radius 1 is 1.10 bits per heavy atom. The third-order valence-electron chi connectivity index (χ3n) is 6.30. The maximum atomic E-state index is 13.7. The molecule has 0 amide bonds. The molecule has 2 aliphatic rings. The van der Waals surface area contributed by atoms with Gasteiger partial charge in [-0.2, -0.15) is 4.31 Å². The monoisotopic (exact) mass is 447 g/mol. The maximum Gasteiger partial charge on any atom is 0.244 e. The highest BCUT2D eigenvalue weighted by molar-refractivity contribution is 7.89. The molecule has 0 radical (unpaired) electrons. The van der Waals surface area contributed by atoms with E-state index in [1.54, 1.807) is 6.07 Å². The van der Waals surface area contributed by atoms with E-state index in [-0.39, 0.29) is 0 Å². The van der Waals surface area contributed by atoms with Crippen molar-refractivity contribution in [3.8, 4) is 0 Å². The van der Waals surface area contributed by atoms with E-state index in [1.165, 1.54) is 4.31 Å². The number of hydrogen-bond acceptors (Lipinski definition) is 4. The highest BCUT2D eigenvalue weighted by Gasteiger charge is 2.48. The normalized spacial score (nSPS) is 23.1. The average molecular weight is 448 g/mol. The summed E-state index contributed by atoms with van der Waals surface area (Å²) < 4.78 is 28.9. The van der Waals surface area contributed by atoms with E-state index in [2.05, 4.69) is 17.1 Å². The van der Waals surface area contributed by atoms with Crippen molar-refractivity contribution >= 4 is 27.3 Å². The number of nitrogens with one attached hydrogen (secondary N) is 1. The molecule has 2 aromatic rings. The van der Waals surface area contributed by atoms with Crippen LogP contribution in [-0.2, 0) is 21.4 Å². The Morgan fingerprint density at radius 3 is 2.53 bits per heavy atom. The lowest BCUT2D eigenvalue weighted by atomic mass is 9.99. The van der Waals surface area contributed by atoms with E-state index >= 15 is 0 Å². The summed E-state index contributed by atoms with van der Waals surface area (Å²) in [5, 5.41) is 3.36. The second-order valence-electron chi connectivity index (χ2n) is 8.14. The molecule has 1 N–H and O–H groups in total. The summed E-state index contributed by atoms with van der Waals surface area (Å²) >= 11 is 7.06. The molecule has 5 nitrogen and oxygen atoms in total. The molecule has 0 spiro atoms. The van der Waals surface area contributed by atoms with Crippen molar-refractivity contribution in [3.05, 3.63) is 59.2 Å². The summed E-state index contributed by atoms with van der Waals surface area (Å²) in [6, 6.07) is 13.4. The summed E-state index contributed by atoms with van der Waals surface area (Å²) in [5.74, 6) is 0. The van der Waals surface area contributed by atoms with Crippen molar-refractivity contribution in [2.45, 2.75) is 43.0 Å². The summed E-state index contributed by atoms with van der Waals surface area (Å²) in [5.41, 5.74) is 4.09. The van der Waals surface area contributed by atoms with Crippen LogP contribution in [0.4, 0.5) is 5.69 Å². The van der Waals surface area contributed by atoms with Gasteiger partial charge in [-0.25, -0.2) is 8.42 Å². The number of benzene rings is 2. The zero-order valence-electron chi connectivity index (χ0n) is 17.7. The SMILES string of the molecule is CCc1cc(S(=O)(=O)N2CCCC2(Cl)c2ccccc2C)ccc1N1CCNCC1. The first-order valence-corrected chi connectivity index (χ1v) is 12.6.